The van der Waals surface area contributed by atoms with Crippen LogP contribution in [0.25, 0.3) is 6.08 Å². The molecule has 0 aliphatic carbocycles. The molecular formula is C17H12ClN3O5. The van der Waals surface area contributed by atoms with Gasteiger partial charge in [-0.25, -0.2) is 5.01 Å². The molecule has 0 unspecified atom stereocenters. The zero-order chi connectivity index (χ0) is 18.8. The summed E-state index contributed by atoms with van der Waals surface area (Å²) >= 11 is 6.05. The number of amides is 2. The molecule has 0 atom stereocenters. The zero-order valence-corrected chi connectivity index (χ0v) is 14.2. The molecule has 1 aromatic heterocycles. The number of nitrogens with zero attached hydrogens (tertiary/aromatic N) is 2. The minimum absolute atomic E-state index is 0.0843. The van der Waals surface area contributed by atoms with Crippen LogP contribution >= 0.6 is 11.6 Å². The van der Waals surface area contributed by atoms with E-state index in [9.17, 15) is 19.7 Å². The first-order valence-electron chi connectivity index (χ1n) is 7.41. The number of nitrogens with one attached hydrogen (secondary N) is 1. The van der Waals surface area contributed by atoms with Crippen LogP contribution in [0.3, 0.4) is 0 Å². The largest absolute Gasteiger partial charge is 0.433 e. The summed E-state index contributed by atoms with van der Waals surface area (Å²) in [7, 11) is 0. The number of nitro groups is 1. The smallest absolute Gasteiger partial charge is 0.401 e. The number of benzene rings is 1. The number of furan rings is 1. The zero-order valence-electron chi connectivity index (χ0n) is 13.4. The van der Waals surface area contributed by atoms with Gasteiger partial charge >= 0.3 is 5.88 Å². The maximum absolute atomic E-state index is 12.4. The van der Waals surface area contributed by atoms with Crippen LogP contribution < -0.4 is 10.4 Å². The number of aryl methyl sites for hydroxylation is 1. The Labute approximate surface area is 152 Å². The number of carbonyl (C=O) groups is 2. The Balaban J connectivity index is 1.79. The average Bonchev–Trinajstić information content (AvgIpc) is 3.17. The van der Waals surface area contributed by atoms with Gasteiger partial charge in [-0.3, -0.25) is 25.1 Å². The van der Waals surface area contributed by atoms with Gasteiger partial charge in [-0.1, -0.05) is 23.7 Å². The Morgan fingerprint density at radius 1 is 1.27 bits per heavy atom. The van der Waals surface area contributed by atoms with Gasteiger partial charge in [-0.2, -0.15) is 0 Å². The van der Waals surface area contributed by atoms with Crippen molar-refractivity contribution in [3.05, 3.63) is 74.5 Å². The molecule has 26 heavy (non-hydrogen) atoms. The van der Waals surface area contributed by atoms with Crippen LogP contribution in [-0.2, 0) is 9.59 Å². The predicted molar refractivity (Wildman–Crippen MR) is 94.3 cm³/mol. The summed E-state index contributed by atoms with van der Waals surface area (Å²) in [6.45, 7) is 1.82. The SMILES string of the molecule is Cc1ccc(N2NC(=O)C(=CC=Cc3ccc([N+](=O)[O-])o3)C2=O)cc1Cl. The number of hydrogen-bond donors (Lipinski definition) is 1. The van der Waals surface area contributed by atoms with Crippen molar-refractivity contribution in [2.24, 2.45) is 0 Å². The second kappa shape index (κ2) is 6.85. The number of anilines is 1. The number of halogens is 1. The van der Waals surface area contributed by atoms with E-state index in [0.29, 0.717) is 10.7 Å². The van der Waals surface area contributed by atoms with Crippen LogP contribution in [0.5, 0.6) is 0 Å². The van der Waals surface area contributed by atoms with Gasteiger partial charge in [0.1, 0.15) is 16.3 Å². The second-order valence-corrected chi connectivity index (χ2v) is 5.79. The van der Waals surface area contributed by atoms with E-state index in [0.717, 1.165) is 10.6 Å². The fraction of sp³-hybridized carbons (Fsp3) is 0.0588. The van der Waals surface area contributed by atoms with E-state index in [1.807, 2.05) is 6.92 Å². The van der Waals surface area contributed by atoms with E-state index in [1.165, 1.54) is 30.4 Å². The quantitative estimate of drug-likeness (QED) is 0.383. The lowest BCUT2D eigenvalue weighted by molar-refractivity contribution is -0.402. The van der Waals surface area contributed by atoms with Gasteiger partial charge in [-0.05, 0) is 42.8 Å². The van der Waals surface area contributed by atoms with Gasteiger partial charge in [0.2, 0.25) is 0 Å². The topological polar surface area (TPSA) is 106 Å². The molecule has 132 valence electrons. The number of hydrogen-bond acceptors (Lipinski definition) is 5. The molecule has 1 aromatic carbocycles. The molecule has 1 aliphatic rings. The third-order valence-corrected chi connectivity index (χ3v) is 4.03. The highest BCUT2D eigenvalue weighted by molar-refractivity contribution is 6.32. The summed E-state index contributed by atoms with van der Waals surface area (Å²) < 4.78 is 4.95. The van der Waals surface area contributed by atoms with Crippen molar-refractivity contribution >= 4 is 41.1 Å². The van der Waals surface area contributed by atoms with E-state index in [2.05, 4.69) is 5.43 Å². The van der Waals surface area contributed by atoms with Crippen LogP contribution in [0.2, 0.25) is 5.02 Å². The Morgan fingerprint density at radius 3 is 2.69 bits per heavy atom. The minimum atomic E-state index is -0.658. The normalized spacial score (nSPS) is 15.9. The molecule has 1 aliphatic heterocycles. The van der Waals surface area contributed by atoms with Crippen molar-refractivity contribution in [2.75, 3.05) is 5.01 Å². The first kappa shape index (κ1) is 17.4. The maximum Gasteiger partial charge on any atom is 0.433 e. The molecule has 0 spiro atoms. The van der Waals surface area contributed by atoms with Gasteiger partial charge < -0.3 is 4.42 Å². The van der Waals surface area contributed by atoms with Crippen molar-refractivity contribution in [2.45, 2.75) is 6.92 Å². The molecule has 2 aromatic rings. The highest BCUT2D eigenvalue weighted by atomic mass is 35.5. The lowest BCUT2D eigenvalue weighted by Gasteiger charge is -2.15. The highest BCUT2D eigenvalue weighted by Crippen LogP contribution is 2.25. The van der Waals surface area contributed by atoms with Gasteiger partial charge in [-0.15, -0.1) is 0 Å². The van der Waals surface area contributed by atoms with Crippen molar-refractivity contribution in [1.82, 2.24) is 5.43 Å². The van der Waals surface area contributed by atoms with Gasteiger partial charge in [0.05, 0.1) is 11.8 Å². The summed E-state index contributed by atoms with van der Waals surface area (Å²) in [6.07, 6.45) is 4.12. The van der Waals surface area contributed by atoms with E-state index >= 15 is 0 Å². The third kappa shape index (κ3) is 3.35. The summed E-state index contributed by atoms with van der Waals surface area (Å²) in [4.78, 5) is 34.4. The molecule has 1 fully saturated rings. The van der Waals surface area contributed by atoms with Crippen molar-refractivity contribution in [3.8, 4) is 0 Å². The summed E-state index contributed by atoms with van der Waals surface area (Å²) in [5.41, 5.74) is 3.66. The maximum atomic E-state index is 12.4. The second-order valence-electron chi connectivity index (χ2n) is 5.39. The van der Waals surface area contributed by atoms with Gasteiger partial charge in [0.25, 0.3) is 11.8 Å². The fourth-order valence-electron chi connectivity index (χ4n) is 2.25. The Bertz CT molecular complexity index is 977. The molecule has 9 heteroatoms. The van der Waals surface area contributed by atoms with Crippen molar-refractivity contribution in [3.63, 3.8) is 0 Å². The summed E-state index contributed by atoms with van der Waals surface area (Å²) in [6, 6.07) is 7.60. The molecule has 1 saturated heterocycles. The molecule has 2 heterocycles. The van der Waals surface area contributed by atoms with Gasteiger partial charge in [0, 0.05) is 5.02 Å². The van der Waals surface area contributed by atoms with E-state index < -0.39 is 22.6 Å². The highest BCUT2D eigenvalue weighted by Gasteiger charge is 2.34. The van der Waals surface area contributed by atoms with Crippen LogP contribution in [-0.4, -0.2) is 16.7 Å². The summed E-state index contributed by atoms with van der Waals surface area (Å²) in [5, 5.41) is 12.1. The number of hydrazine groups is 1. The lowest BCUT2D eigenvalue weighted by Crippen LogP contribution is -2.35. The monoisotopic (exact) mass is 373 g/mol. The van der Waals surface area contributed by atoms with Crippen LogP contribution in [0.15, 0.2) is 52.5 Å². The molecular weight excluding hydrogens is 362 g/mol. The average molecular weight is 374 g/mol. The first-order chi connectivity index (χ1) is 12.4. The third-order valence-electron chi connectivity index (χ3n) is 3.62. The molecule has 0 radical (unpaired) electrons. The standard InChI is InChI=1S/C17H12ClN3O5/c1-10-5-6-11(9-14(10)18)20-17(23)13(16(22)19-20)4-2-3-12-7-8-15(26-12)21(24)25/h2-9H,1H3,(H,19,22). The van der Waals surface area contributed by atoms with Gasteiger partial charge in [0.15, 0.2) is 0 Å². The number of rotatable bonds is 4. The molecule has 0 saturated carbocycles. The Kier molecular flexibility index (Phi) is 4.59. The van der Waals surface area contributed by atoms with Crippen LogP contribution in [0, 0.1) is 17.0 Å². The van der Waals surface area contributed by atoms with Crippen LogP contribution in [0.4, 0.5) is 11.6 Å². The molecule has 8 nitrogen and oxygen atoms in total. The lowest BCUT2D eigenvalue weighted by atomic mass is 10.2. The minimum Gasteiger partial charge on any atom is -0.401 e. The first-order valence-corrected chi connectivity index (χ1v) is 7.79. The predicted octanol–water partition coefficient (Wildman–Crippen LogP) is 3.17. The Morgan fingerprint density at radius 2 is 2.04 bits per heavy atom. The summed E-state index contributed by atoms with van der Waals surface area (Å²) in [5.74, 6) is -1.28. The molecule has 2 amide bonds. The van der Waals surface area contributed by atoms with Crippen molar-refractivity contribution < 1.29 is 18.9 Å². The van der Waals surface area contributed by atoms with Crippen LogP contribution in [0.1, 0.15) is 11.3 Å². The van der Waals surface area contributed by atoms with E-state index in [-0.39, 0.29) is 11.3 Å². The van der Waals surface area contributed by atoms with Crippen molar-refractivity contribution in [1.29, 1.82) is 0 Å². The van der Waals surface area contributed by atoms with E-state index in [1.54, 1.807) is 18.2 Å². The molecule has 1 N–H and O–H groups in total. The number of allylic oxidation sites excluding steroid dienone is 2. The van der Waals surface area contributed by atoms with E-state index in [4.69, 9.17) is 16.0 Å². The molecule has 3 rings (SSSR count). The fourth-order valence-corrected chi connectivity index (χ4v) is 2.42. The Hall–Kier alpha value is -3.39. The number of carbonyl (C=O) groups excluding carboxylic acids is 2. The molecule has 0 bridgehead atoms.